The van der Waals surface area contributed by atoms with E-state index in [1.54, 1.807) is 0 Å². The Morgan fingerprint density at radius 3 is 2.59 bits per heavy atom. The van der Waals surface area contributed by atoms with Crippen molar-refractivity contribution in [2.75, 3.05) is 12.3 Å². The van der Waals surface area contributed by atoms with Gasteiger partial charge in [-0.25, -0.2) is 0 Å². The van der Waals surface area contributed by atoms with Crippen LogP contribution in [0.4, 0.5) is 5.69 Å². The highest BCUT2D eigenvalue weighted by Crippen LogP contribution is 2.48. The minimum atomic E-state index is -0.133. The van der Waals surface area contributed by atoms with Crippen LogP contribution < -0.4 is 11.1 Å². The third kappa shape index (κ3) is 2.28. The maximum atomic E-state index is 11.9. The predicted octanol–water partition coefficient (Wildman–Crippen LogP) is 1.16. The topological polar surface area (TPSA) is 83.8 Å². The molecule has 3 rings (SSSR count). The average molecular weight is 234 g/mol. The maximum absolute atomic E-state index is 11.9. The normalized spacial score (nSPS) is 19.6. The van der Waals surface area contributed by atoms with Gasteiger partial charge in [0.25, 0.3) is 5.91 Å². The number of anilines is 1. The van der Waals surface area contributed by atoms with Gasteiger partial charge in [0.1, 0.15) is 5.69 Å². The van der Waals surface area contributed by atoms with Crippen LogP contribution in [-0.4, -0.2) is 22.6 Å². The number of carbonyl (C=O) groups is 1. The van der Waals surface area contributed by atoms with Crippen molar-refractivity contribution in [2.45, 2.75) is 25.7 Å². The van der Waals surface area contributed by atoms with E-state index in [1.165, 1.54) is 31.9 Å². The number of H-pyrrole nitrogens is 1. The molecular weight excluding hydrogens is 216 g/mol. The summed E-state index contributed by atoms with van der Waals surface area (Å²) < 4.78 is 0. The van der Waals surface area contributed by atoms with Crippen molar-refractivity contribution in [2.24, 2.45) is 17.8 Å². The molecule has 2 aliphatic carbocycles. The summed E-state index contributed by atoms with van der Waals surface area (Å²) in [7, 11) is 0. The minimum absolute atomic E-state index is 0.133. The quantitative estimate of drug-likeness (QED) is 0.714. The molecule has 0 radical (unpaired) electrons. The summed E-state index contributed by atoms with van der Waals surface area (Å²) >= 11 is 0. The number of hydrogen-bond donors (Lipinski definition) is 3. The third-order valence-electron chi connectivity index (χ3n) is 3.85. The first kappa shape index (κ1) is 10.6. The second kappa shape index (κ2) is 4.05. The van der Waals surface area contributed by atoms with Gasteiger partial charge in [-0.1, -0.05) is 0 Å². The van der Waals surface area contributed by atoms with Gasteiger partial charge >= 0.3 is 0 Å². The Bertz CT molecular complexity index is 408. The molecule has 2 saturated carbocycles. The van der Waals surface area contributed by atoms with E-state index in [1.807, 2.05) is 0 Å². The van der Waals surface area contributed by atoms with Crippen LogP contribution in [0.5, 0.6) is 0 Å². The van der Waals surface area contributed by atoms with Crippen LogP contribution in [0, 0.1) is 17.8 Å². The van der Waals surface area contributed by atoms with Crippen LogP contribution in [0.15, 0.2) is 6.20 Å². The highest BCUT2D eigenvalue weighted by molar-refractivity contribution is 5.96. The largest absolute Gasteiger partial charge is 0.396 e. The molecule has 1 heterocycles. The molecular formula is C12H18N4O. The molecule has 17 heavy (non-hydrogen) atoms. The van der Waals surface area contributed by atoms with Crippen LogP contribution >= 0.6 is 0 Å². The number of aromatic amines is 1. The molecule has 0 unspecified atom stereocenters. The lowest BCUT2D eigenvalue weighted by molar-refractivity contribution is 0.0939. The molecule has 1 amide bonds. The minimum Gasteiger partial charge on any atom is -0.396 e. The summed E-state index contributed by atoms with van der Waals surface area (Å²) in [6.45, 7) is 0.784. The molecule has 1 aromatic heterocycles. The summed E-state index contributed by atoms with van der Waals surface area (Å²) in [5.41, 5.74) is 6.44. The first-order chi connectivity index (χ1) is 8.25. The van der Waals surface area contributed by atoms with Crippen molar-refractivity contribution in [3.8, 4) is 0 Å². The Labute approximate surface area is 100 Å². The number of carbonyl (C=O) groups excluding carboxylic acids is 1. The van der Waals surface area contributed by atoms with Crippen molar-refractivity contribution in [3.05, 3.63) is 11.9 Å². The van der Waals surface area contributed by atoms with E-state index < -0.39 is 0 Å². The highest BCUT2D eigenvalue weighted by atomic mass is 16.1. The SMILES string of the molecule is Nc1cn[nH]c1C(=O)NCC(C1CC1)C1CC1. The fourth-order valence-corrected chi connectivity index (χ4v) is 2.54. The van der Waals surface area contributed by atoms with Crippen LogP contribution in [0.2, 0.25) is 0 Å². The fraction of sp³-hybridized carbons (Fsp3) is 0.667. The van der Waals surface area contributed by atoms with Gasteiger partial charge in [0.2, 0.25) is 0 Å². The lowest BCUT2D eigenvalue weighted by atomic mass is 9.98. The van der Waals surface area contributed by atoms with Gasteiger partial charge in [-0.05, 0) is 43.4 Å². The molecule has 0 bridgehead atoms. The van der Waals surface area contributed by atoms with Crippen molar-refractivity contribution >= 4 is 11.6 Å². The van der Waals surface area contributed by atoms with Gasteiger partial charge in [-0.3, -0.25) is 9.89 Å². The zero-order valence-electron chi connectivity index (χ0n) is 9.78. The maximum Gasteiger partial charge on any atom is 0.271 e. The number of rotatable bonds is 5. The predicted molar refractivity (Wildman–Crippen MR) is 64.3 cm³/mol. The smallest absolute Gasteiger partial charge is 0.271 e. The molecule has 0 aromatic carbocycles. The Kier molecular flexibility index (Phi) is 2.53. The number of amides is 1. The second-order valence-electron chi connectivity index (χ2n) is 5.25. The summed E-state index contributed by atoms with van der Waals surface area (Å²) in [4.78, 5) is 11.9. The van der Waals surface area contributed by atoms with Crippen molar-refractivity contribution in [1.82, 2.24) is 15.5 Å². The van der Waals surface area contributed by atoms with E-state index in [9.17, 15) is 4.79 Å². The number of hydrogen-bond acceptors (Lipinski definition) is 3. The highest BCUT2D eigenvalue weighted by Gasteiger charge is 2.41. The second-order valence-corrected chi connectivity index (χ2v) is 5.25. The van der Waals surface area contributed by atoms with E-state index in [-0.39, 0.29) is 5.91 Å². The fourth-order valence-electron chi connectivity index (χ4n) is 2.54. The molecule has 5 heteroatoms. The van der Waals surface area contributed by atoms with Gasteiger partial charge < -0.3 is 11.1 Å². The van der Waals surface area contributed by atoms with Crippen molar-refractivity contribution < 1.29 is 4.79 Å². The van der Waals surface area contributed by atoms with Crippen LogP contribution in [0.1, 0.15) is 36.2 Å². The summed E-state index contributed by atoms with van der Waals surface area (Å²) in [5, 5.41) is 9.36. The Morgan fingerprint density at radius 2 is 2.12 bits per heavy atom. The van der Waals surface area contributed by atoms with Gasteiger partial charge in [-0.2, -0.15) is 5.10 Å². The summed E-state index contributed by atoms with van der Waals surface area (Å²) in [5.74, 6) is 2.25. The van der Waals surface area contributed by atoms with Gasteiger partial charge in [0.15, 0.2) is 0 Å². The number of nitrogen functional groups attached to an aromatic ring is 1. The lowest BCUT2D eigenvalue weighted by Gasteiger charge is -2.15. The number of nitrogens with one attached hydrogen (secondary N) is 2. The Hall–Kier alpha value is -1.52. The standard InChI is InChI=1S/C12H18N4O/c13-10-6-15-16-11(10)12(17)14-5-9(7-1-2-7)8-3-4-8/h6-9H,1-5,13H2,(H,14,17)(H,15,16). The van der Waals surface area contributed by atoms with E-state index in [4.69, 9.17) is 5.73 Å². The Morgan fingerprint density at radius 1 is 1.47 bits per heavy atom. The van der Waals surface area contributed by atoms with Gasteiger partial charge in [-0.15, -0.1) is 0 Å². The monoisotopic (exact) mass is 234 g/mol. The third-order valence-corrected chi connectivity index (χ3v) is 3.85. The van der Waals surface area contributed by atoms with Crippen molar-refractivity contribution in [3.63, 3.8) is 0 Å². The number of aromatic nitrogens is 2. The van der Waals surface area contributed by atoms with Gasteiger partial charge in [0, 0.05) is 6.54 Å². The summed E-state index contributed by atoms with van der Waals surface area (Å²) in [6, 6.07) is 0. The average Bonchev–Trinajstić information content (AvgIpc) is 3.20. The van der Waals surface area contributed by atoms with Crippen molar-refractivity contribution in [1.29, 1.82) is 0 Å². The molecule has 92 valence electrons. The molecule has 0 saturated heterocycles. The molecule has 0 spiro atoms. The van der Waals surface area contributed by atoms with E-state index in [0.29, 0.717) is 17.3 Å². The van der Waals surface area contributed by atoms with E-state index in [2.05, 4.69) is 15.5 Å². The zero-order chi connectivity index (χ0) is 11.8. The molecule has 4 N–H and O–H groups in total. The molecule has 2 fully saturated rings. The van der Waals surface area contributed by atoms with Crippen LogP contribution in [-0.2, 0) is 0 Å². The number of nitrogens with two attached hydrogens (primary N) is 1. The lowest BCUT2D eigenvalue weighted by Crippen LogP contribution is -2.31. The molecule has 0 atom stereocenters. The molecule has 0 aliphatic heterocycles. The van der Waals surface area contributed by atoms with E-state index >= 15 is 0 Å². The first-order valence-corrected chi connectivity index (χ1v) is 6.32. The van der Waals surface area contributed by atoms with Gasteiger partial charge in [0.05, 0.1) is 11.9 Å². The summed E-state index contributed by atoms with van der Waals surface area (Å²) in [6.07, 6.45) is 6.81. The molecule has 2 aliphatic rings. The van der Waals surface area contributed by atoms with Crippen LogP contribution in [0.3, 0.4) is 0 Å². The molecule has 1 aromatic rings. The molecule has 5 nitrogen and oxygen atoms in total. The zero-order valence-corrected chi connectivity index (χ0v) is 9.78. The van der Waals surface area contributed by atoms with Crippen LogP contribution in [0.25, 0.3) is 0 Å². The first-order valence-electron chi connectivity index (χ1n) is 6.32. The van der Waals surface area contributed by atoms with E-state index in [0.717, 1.165) is 18.4 Å². The Balaban J connectivity index is 1.56. The number of nitrogens with zero attached hydrogens (tertiary/aromatic N) is 1.